The largest absolute Gasteiger partial charge is 0.497 e. The summed E-state index contributed by atoms with van der Waals surface area (Å²) >= 11 is 1.41. The average molecular weight is 413 g/mol. The topological polar surface area (TPSA) is 99.6 Å². The summed E-state index contributed by atoms with van der Waals surface area (Å²) in [5, 5.41) is 5.19. The van der Waals surface area contributed by atoms with Crippen LogP contribution in [0.15, 0.2) is 48.1 Å². The molecule has 0 fully saturated rings. The summed E-state index contributed by atoms with van der Waals surface area (Å²) in [4.78, 5) is 32.6. The van der Waals surface area contributed by atoms with Gasteiger partial charge >= 0.3 is 5.97 Å². The number of thiazole rings is 1. The number of esters is 1. The molecule has 8 nitrogen and oxygen atoms in total. The molecule has 0 aliphatic rings. The lowest BCUT2D eigenvalue weighted by atomic mass is 10.2. The lowest BCUT2D eigenvalue weighted by Gasteiger charge is -2.11. The van der Waals surface area contributed by atoms with Gasteiger partial charge in [0.1, 0.15) is 16.5 Å². The van der Waals surface area contributed by atoms with Crippen LogP contribution in [0.5, 0.6) is 11.5 Å². The van der Waals surface area contributed by atoms with Crippen LogP contribution in [-0.4, -0.2) is 42.7 Å². The number of hydrogen-bond acceptors (Lipinski definition) is 8. The zero-order chi connectivity index (χ0) is 20.6. The van der Waals surface area contributed by atoms with Crippen molar-refractivity contribution >= 4 is 28.9 Å². The zero-order valence-corrected chi connectivity index (χ0v) is 16.7. The van der Waals surface area contributed by atoms with E-state index < -0.39 is 18.5 Å². The minimum absolute atomic E-state index is 0.0213. The van der Waals surface area contributed by atoms with Crippen molar-refractivity contribution in [2.75, 3.05) is 26.1 Å². The highest BCUT2D eigenvalue weighted by Gasteiger charge is 2.14. The van der Waals surface area contributed by atoms with Crippen molar-refractivity contribution in [3.63, 3.8) is 0 Å². The van der Waals surface area contributed by atoms with Gasteiger partial charge in [-0.15, -0.1) is 11.3 Å². The number of ether oxygens (including phenoxy) is 3. The number of pyridine rings is 1. The van der Waals surface area contributed by atoms with Gasteiger partial charge in [0.15, 0.2) is 6.61 Å². The third kappa shape index (κ3) is 5.52. The van der Waals surface area contributed by atoms with Gasteiger partial charge in [-0.25, -0.2) is 4.98 Å². The minimum atomic E-state index is -0.541. The molecular weight excluding hydrogens is 394 g/mol. The molecule has 1 N–H and O–H groups in total. The summed E-state index contributed by atoms with van der Waals surface area (Å²) in [5.74, 6) is 0.00181. The van der Waals surface area contributed by atoms with Gasteiger partial charge in [-0.2, -0.15) is 0 Å². The Bertz CT molecular complexity index is 991. The van der Waals surface area contributed by atoms with Gasteiger partial charge in [0.05, 0.1) is 32.0 Å². The normalized spacial score (nSPS) is 10.3. The van der Waals surface area contributed by atoms with Crippen LogP contribution in [0.4, 0.5) is 5.69 Å². The molecule has 1 aromatic carbocycles. The Kier molecular flexibility index (Phi) is 6.75. The van der Waals surface area contributed by atoms with Gasteiger partial charge in [0, 0.05) is 29.4 Å². The monoisotopic (exact) mass is 413 g/mol. The van der Waals surface area contributed by atoms with E-state index in [-0.39, 0.29) is 6.42 Å². The highest BCUT2D eigenvalue weighted by Crippen LogP contribution is 2.28. The fraction of sp³-hybridized carbons (Fsp3) is 0.200. The molecule has 1 amide bonds. The van der Waals surface area contributed by atoms with Gasteiger partial charge in [-0.3, -0.25) is 14.6 Å². The quantitative estimate of drug-likeness (QED) is 0.567. The van der Waals surface area contributed by atoms with Crippen molar-refractivity contribution in [3.8, 4) is 22.1 Å². The number of anilines is 1. The van der Waals surface area contributed by atoms with E-state index in [1.807, 2.05) is 12.1 Å². The molecule has 0 aliphatic carbocycles. The van der Waals surface area contributed by atoms with Crippen molar-refractivity contribution in [3.05, 3.63) is 53.8 Å². The number of methoxy groups -OCH3 is 2. The van der Waals surface area contributed by atoms with E-state index in [0.29, 0.717) is 22.9 Å². The number of aromatic nitrogens is 2. The number of carbonyl (C=O) groups is 2. The molecule has 9 heteroatoms. The average Bonchev–Trinajstić information content (AvgIpc) is 3.21. The van der Waals surface area contributed by atoms with Crippen molar-refractivity contribution < 1.29 is 23.8 Å². The Morgan fingerprint density at radius 1 is 1.17 bits per heavy atom. The van der Waals surface area contributed by atoms with Crippen LogP contribution in [0, 0.1) is 0 Å². The van der Waals surface area contributed by atoms with Crippen LogP contribution in [-0.2, 0) is 20.7 Å². The number of carbonyl (C=O) groups excluding carboxylic acids is 2. The summed E-state index contributed by atoms with van der Waals surface area (Å²) in [6.45, 7) is -0.418. The van der Waals surface area contributed by atoms with Gasteiger partial charge in [-0.05, 0) is 24.3 Å². The van der Waals surface area contributed by atoms with Crippen molar-refractivity contribution in [1.82, 2.24) is 9.97 Å². The van der Waals surface area contributed by atoms with Crippen LogP contribution >= 0.6 is 11.3 Å². The first-order valence-electron chi connectivity index (χ1n) is 8.61. The molecule has 0 atom stereocenters. The minimum Gasteiger partial charge on any atom is -0.497 e. The third-order valence-corrected chi connectivity index (χ3v) is 4.77. The maximum atomic E-state index is 12.1. The summed E-state index contributed by atoms with van der Waals surface area (Å²) in [7, 11) is 3.01. The second-order valence-corrected chi connectivity index (χ2v) is 6.70. The number of nitrogens with one attached hydrogen (secondary N) is 1. The molecule has 0 radical (unpaired) electrons. The smallest absolute Gasteiger partial charge is 0.312 e. The van der Waals surface area contributed by atoms with Gasteiger partial charge in [0.2, 0.25) is 0 Å². The third-order valence-electron chi connectivity index (χ3n) is 3.83. The van der Waals surface area contributed by atoms with Gasteiger partial charge in [-0.1, -0.05) is 0 Å². The lowest BCUT2D eigenvalue weighted by Crippen LogP contribution is -2.22. The fourth-order valence-corrected chi connectivity index (χ4v) is 3.26. The number of nitrogens with zero attached hydrogens (tertiary/aromatic N) is 2. The van der Waals surface area contributed by atoms with E-state index >= 15 is 0 Å². The SMILES string of the molecule is COc1ccc(OC)c(NC(=O)COC(=O)Cc2csc(-c3cccnc3)n2)c1. The summed E-state index contributed by atoms with van der Waals surface area (Å²) in [5.41, 5.74) is 1.88. The predicted octanol–water partition coefficient (Wildman–Crippen LogP) is 2.95. The number of hydrogen-bond donors (Lipinski definition) is 1. The number of amides is 1. The summed E-state index contributed by atoms with van der Waals surface area (Å²) < 4.78 is 15.4. The molecule has 150 valence electrons. The van der Waals surface area contributed by atoms with Crippen LogP contribution in [0.3, 0.4) is 0 Å². The Morgan fingerprint density at radius 2 is 2.03 bits per heavy atom. The summed E-state index contributed by atoms with van der Waals surface area (Å²) in [6.07, 6.45) is 3.37. The van der Waals surface area contributed by atoms with E-state index in [4.69, 9.17) is 14.2 Å². The standard InChI is InChI=1S/C20H19N3O5S/c1-26-15-5-6-17(27-2)16(9-15)23-18(24)11-28-19(25)8-14-12-29-20(22-14)13-4-3-7-21-10-13/h3-7,9-10,12H,8,11H2,1-2H3,(H,23,24). The molecule has 2 heterocycles. The van der Waals surface area contributed by atoms with Crippen molar-refractivity contribution in [2.24, 2.45) is 0 Å². The first-order chi connectivity index (χ1) is 14.1. The van der Waals surface area contributed by atoms with E-state index in [2.05, 4.69) is 15.3 Å². The van der Waals surface area contributed by atoms with E-state index in [1.54, 1.807) is 36.0 Å². The highest BCUT2D eigenvalue weighted by molar-refractivity contribution is 7.13. The van der Waals surface area contributed by atoms with E-state index in [1.165, 1.54) is 25.6 Å². The van der Waals surface area contributed by atoms with E-state index in [0.717, 1.165) is 10.6 Å². The van der Waals surface area contributed by atoms with Crippen LogP contribution < -0.4 is 14.8 Å². The first-order valence-corrected chi connectivity index (χ1v) is 9.49. The number of rotatable bonds is 8. The Balaban J connectivity index is 1.52. The Morgan fingerprint density at radius 3 is 2.76 bits per heavy atom. The highest BCUT2D eigenvalue weighted by atomic mass is 32.1. The second kappa shape index (κ2) is 9.65. The molecule has 0 aliphatic heterocycles. The molecule has 0 spiro atoms. The zero-order valence-electron chi connectivity index (χ0n) is 15.9. The molecule has 0 saturated heterocycles. The van der Waals surface area contributed by atoms with Crippen LogP contribution in [0.25, 0.3) is 10.6 Å². The molecule has 0 saturated carbocycles. The van der Waals surface area contributed by atoms with Gasteiger partial charge < -0.3 is 19.5 Å². The van der Waals surface area contributed by atoms with Crippen molar-refractivity contribution in [2.45, 2.75) is 6.42 Å². The first kappa shape index (κ1) is 20.3. The molecule has 3 rings (SSSR count). The Labute approximate surface area is 171 Å². The lowest BCUT2D eigenvalue weighted by molar-refractivity contribution is -0.146. The molecule has 29 heavy (non-hydrogen) atoms. The molecule has 3 aromatic rings. The molecular formula is C20H19N3O5S. The van der Waals surface area contributed by atoms with E-state index in [9.17, 15) is 9.59 Å². The second-order valence-electron chi connectivity index (χ2n) is 5.84. The maximum absolute atomic E-state index is 12.1. The Hall–Kier alpha value is -3.46. The number of benzene rings is 1. The van der Waals surface area contributed by atoms with Crippen LogP contribution in [0.2, 0.25) is 0 Å². The van der Waals surface area contributed by atoms with Gasteiger partial charge in [0.25, 0.3) is 5.91 Å². The maximum Gasteiger partial charge on any atom is 0.312 e. The van der Waals surface area contributed by atoms with Crippen LogP contribution in [0.1, 0.15) is 5.69 Å². The fourth-order valence-electron chi connectivity index (χ4n) is 2.45. The molecule has 0 unspecified atom stereocenters. The predicted molar refractivity (Wildman–Crippen MR) is 108 cm³/mol. The van der Waals surface area contributed by atoms with Crippen molar-refractivity contribution in [1.29, 1.82) is 0 Å². The summed E-state index contributed by atoms with van der Waals surface area (Å²) in [6, 6.07) is 8.71. The molecule has 0 bridgehead atoms. The molecule has 2 aromatic heterocycles.